The normalized spacial score (nSPS) is 20.4. The van der Waals surface area contributed by atoms with Crippen LogP contribution in [0.15, 0.2) is 42.4 Å². The zero-order valence-corrected chi connectivity index (χ0v) is 18.3. The molecule has 31 heavy (non-hydrogen) atoms. The molecule has 0 aromatic heterocycles. The number of piperazine rings is 1. The summed E-state index contributed by atoms with van der Waals surface area (Å²) in [6, 6.07) is 6.26. The van der Waals surface area contributed by atoms with E-state index in [0.29, 0.717) is 48.6 Å². The van der Waals surface area contributed by atoms with Crippen molar-refractivity contribution < 1.29 is 27.6 Å². The number of methoxy groups -OCH3 is 1. The number of rotatable bonds is 10. The average molecular weight is 433 g/mol. The molecule has 0 aliphatic carbocycles. The Labute approximate surface area is 193 Å². The number of ketones is 1. The van der Waals surface area contributed by atoms with Crippen molar-refractivity contribution in [3.63, 3.8) is 0 Å². The molecule has 1 atom stereocenters. The molecule has 6 heteroatoms. The van der Waals surface area contributed by atoms with E-state index in [1.807, 2.05) is 4.90 Å². The Morgan fingerprint density at radius 3 is 2.42 bits per heavy atom. The minimum Gasteiger partial charge on any atom is -0.493 e. The van der Waals surface area contributed by atoms with Gasteiger partial charge in [0, 0.05) is 39.1 Å². The quantitative estimate of drug-likeness (QED) is 0.622. The SMILES string of the molecule is [2H]c1c([2H])c(C)c(CC(=O)CN2CCN(CC([2H])(O)C([2H])([2H])Oc3ccccc3OC)CC2)c(C)c1[2H]. The molecule has 2 aromatic rings. The number of nitrogens with zero attached hydrogens (tertiary/aromatic N) is 2. The molecule has 0 amide bonds. The van der Waals surface area contributed by atoms with Crippen LogP contribution in [0.1, 0.15) is 24.9 Å². The number of Topliss-reactive ketones (excluding diaryl/α,β-unsaturated/α-hetero) is 1. The van der Waals surface area contributed by atoms with Gasteiger partial charge in [0.15, 0.2) is 17.3 Å². The van der Waals surface area contributed by atoms with E-state index in [-0.39, 0.29) is 49.2 Å². The zero-order chi connectivity index (χ0) is 27.5. The molecule has 2 aromatic carbocycles. The van der Waals surface area contributed by atoms with Crippen molar-refractivity contribution in [3.8, 4) is 11.5 Å². The summed E-state index contributed by atoms with van der Waals surface area (Å²) in [5, 5.41) is 10.7. The van der Waals surface area contributed by atoms with Gasteiger partial charge in [0.25, 0.3) is 0 Å². The zero-order valence-electron chi connectivity index (χ0n) is 24.3. The van der Waals surface area contributed by atoms with E-state index in [9.17, 15) is 9.90 Å². The van der Waals surface area contributed by atoms with Crippen LogP contribution in [0.2, 0.25) is 0 Å². The summed E-state index contributed by atoms with van der Waals surface area (Å²) in [6.45, 7) is 2.43. The Bertz CT molecular complexity index is 1110. The molecule has 1 fully saturated rings. The lowest BCUT2D eigenvalue weighted by atomic mass is 9.98. The third-order valence-corrected chi connectivity index (χ3v) is 5.37. The number of carbonyl (C=O) groups is 1. The number of benzene rings is 2. The Balaban J connectivity index is 1.55. The molecule has 168 valence electrons. The van der Waals surface area contributed by atoms with Gasteiger partial charge in [-0.15, -0.1) is 0 Å². The smallest absolute Gasteiger partial charge is 0.161 e. The average Bonchev–Trinajstić information content (AvgIpc) is 2.85. The van der Waals surface area contributed by atoms with Crippen LogP contribution in [0.25, 0.3) is 0 Å². The highest BCUT2D eigenvalue weighted by Gasteiger charge is 2.21. The molecule has 6 nitrogen and oxygen atoms in total. The number of ether oxygens (including phenoxy) is 2. The minimum atomic E-state index is -2.72. The van der Waals surface area contributed by atoms with Crippen molar-refractivity contribution in [2.45, 2.75) is 26.3 Å². The van der Waals surface area contributed by atoms with Gasteiger partial charge in [-0.3, -0.25) is 14.6 Å². The fraction of sp³-hybridized carbons (Fsp3) is 0.480. The first-order valence-electron chi connectivity index (χ1n) is 13.3. The Morgan fingerprint density at radius 2 is 1.77 bits per heavy atom. The predicted molar refractivity (Wildman–Crippen MR) is 122 cm³/mol. The van der Waals surface area contributed by atoms with Crippen LogP contribution < -0.4 is 9.47 Å². The lowest BCUT2D eigenvalue weighted by Crippen LogP contribution is -2.50. The third kappa shape index (κ3) is 6.79. The molecule has 1 aliphatic heterocycles. The van der Waals surface area contributed by atoms with Gasteiger partial charge >= 0.3 is 0 Å². The van der Waals surface area contributed by atoms with Crippen molar-refractivity contribution in [1.82, 2.24) is 9.80 Å². The maximum Gasteiger partial charge on any atom is 0.161 e. The van der Waals surface area contributed by atoms with Crippen molar-refractivity contribution in [2.24, 2.45) is 0 Å². The Morgan fingerprint density at radius 1 is 1.16 bits per heavy atom. The fourth-order valence-corrected chi connectivity index (χ4v) is 3.59. The van der Waals surface area contributed by atoms with Gasteiger partial charge in [0.2, 0.25) is 0 Å². The first kappa shape index (κ1) is 16.3. The molecular formula is C25H34N2O4. The van der Waals surface area contributed by atoms with Gasteiger partial charge in [-0.05, 0) is 42.7 Å². The van der Waals surface area contributed by atoms with Gasteiger partial charge < -0.3 is 14.6 Å². The van der Waals surface area contributed by atoms with Gasteiger partial charge in [-0.25, -0.2) is 0 Å². The maximum absolute atomic E-state index is 12.8. The van der Waals surface area contributed by atoms with Crippen LogP contribution in [0.5, 0.6) is 11.5 Å². The van der Waals surface area contributed by atoms with E-state index in [0.717, 1.165) is 0 Å². The number of hydrogen-bond donors (Lipinski definition) is 1. The monoisotopic (exact) mass is 432 g/mol. The summed E-state index contributed by atoms with van der Waals surface area (Å²) in [5.74, 6) is 0.316. The molecular weight excluding hydrogens is 392 g/mol. The van der Waals surface area contributed by atoms with E-state index in [1.54, 1.807) is 36.9 Å². The Hall–Kier alpha value is -2.41. The lowest BCUT2D eigenvalue weighted by molar-refractivity contribution is -0.120. The summed E-state index contributed by atoms with van der Waals surface area (Å²) < 4.78 is 59.1. The summed E-state index contributed by atoms with van der Waals surface area (Å²) in [7, 11) is 1.42. The van der Waals surface area contributed by atoms with E-state index >= 15 is 0 Å². The second-order valence-electron chi connectivity index (χ2n) is 7.67. The third-order valence-electron chi connectivity index (χ3n) is 5.37. The van der Waals surface area contributed by atoms with Crippen LogP contribution in [0.3, 0.4) is 0 Å². The highest BCUT2D eigenvalue weighted by molar-refractivity contribution is 5.83. The molecule has 0 bridgehead atoms. The van der Waals surface area contributed by atoms with Crippen molar-refractivity contribution in [1.29, 1.82) is 0 Å². The number of para-hydroxylation sites is 2. The van der Waals surface area contributed by atoms with Crippen LogP contribution in [0, 0.1) is 13.8 Å². The van der Waals surface area contributed by atoms with Crippen molar-refractivity contribution >= 4 is 5.78 Å². The molecule has 1 heterocycles. The van der Waals surface area contributed by atoms with Crippen molar-refractivity contribution in [2.75, 3.05) is 52.9 Å². The molecule has 1 N–H and O–H groups in total. The second kappa shape index (κ2) is 11.3. The van der Waals surface area contributed by atoms with Crippen molar-refractivity contribution in [3.05, 3.63) is 59.1 Å². The molecule has 1 aliphatic rings. The fourth-order valence-electron chi connectivity index (χ4n) is 3.59. The van der Waals surface area contributed by atoms with Crippen LogP contribution in [-0.2, 0) is 11.2 Å². The molecule has 0 spiro atoms. The topological polar surface area (TPSA) is 62.2 Å². The number of carbonyl (C=O) groups excluding carboxylic acids is 1. The molecule has 0 saturated carbocycles. The van der Waals surface area contributed by atoms with E-state index in [2.05, 4.69) is 0 Å². The summed E-state index contributed by atoms with van der Waals surface area (Å²) in [6.07, 6.45) is -2.48. The van der Waals surface area contributed by atoms with E-state index in [1.165, 1.54) is 13.2 Å². The maximum atomic E-state index is 12.8. The molecule has 0 radical (unpaired) electrons. The highest BCUT2D eigenvalue weighted by Crippen LogP contribution is 2.25. The highest BCUT2D eigenvalue weighted by atomic mass is 16.5. The summed E-state index contributed by atoms with van der Waals surface area (Å²) in [4.78, 5) is 16.5. The second-order valence-corrected chi connectivity index (χ2v) is 7.67. The van der Waals surface area contributed by atoms with Gasteiger partial charge in [-0.2, -0.15) is 0 Å². The lowest BCUT2D eigenvalue weighted by Gasteiger charge is -2.35. The van der Waals surface area contributed by atoms with E-state index in [4.69, 9.17) is 17.7 Å². The predicted octanol–water partition coefficient (Wildman–Crippen LogP) is 2.48. The minimum absolute atomic E-state index is 0.0237. The largest absolute Gasteiger partial charge is 0.493 e. The Kier molecular flexibility index (Phi) is 5.91. The van der Waals surface area contributed by atoms with Gasteiger partial charge in [-0.1, -0.05) is 30.3 Å². The van der Waals surface area contributed by atoms with Gasteiger partial charge in [0.05, 0.1) is 21.9 Å². The molecule has 3 rings (SSSR count). The molecule has 1 saturated heterocycles. The molecule has 1 unspecified atom stereocenters. The number of hydrogen-bond acceptors (Lipinski definition) is 6. The standard InChI is InChI=1S/C25H34N2O4/c1-19-7-6-8-20(2)23(19)15-21(28)16-26-11-13-27(14-12-26)17-22(29)18-31-25-10-5-4-9-24(25)30-3/h4-10,22,29H,11-18H2,1-3H3/i6D,7D,8D,18D2,22D. The van der Waals surface area contributed by atoms with E-state index < -0.39 is 12.6 Å². The van der Waals surface area contributed by atoms with Crippen LogP contribution in [-0.4, -0.2) is 79.7 Å². The van der Waals surface area contributed by atoms with Crippen LogP contribution >= 0.6 is 0 Å². The first-order chi connectivity index (χ1) is 17.3. The van der Waals surface area contributed by atoms with Gasteiger partial charge in [0.1, 0.15) is 12.6 Å². The number of β-amino-alcohol motifs (C(OH)–C–C–N with tert-alkyl or cyclic N) is 1. The summed E-state index contributed by atoms with van der Waals surface area (Å²) in [5.41, 5.74) is 1.73. The summed E-state index contributed by atoms with van der Waals surface area (Å²) >= 11 is 0. The number of aliphatic hydroxyl groups is 1. The van der Waals surface area contributed by atoms with Crippen LogP contribution in [0.4, 0.5) is 0 Å². The first-order valence-corrected chi connectivity index (χ1v) is 10.3.